The van der Waals surface area contributed by atoms with E-state index in [9.17, 15) is 19.3 Å². The molecule has 1 aliphatic heterocycles. The number of nitrogens with one attached hydrogen (secondary N) is 4. The molecule has 5 rings (SSSR count). The molecule has 1 unspecified atom stereocenters. The van der Waals surface area contributed by atoms with Gasteiger partial charge in [-0.2, -0.15) is 10.5 Å². The summed E-state index contributed by atoms with van der Waals surface area (Å²) >= 11 is 0. The van der Waals surface area contributed by atoms with Crippen LogP contribution in [0.5, 0.6) is 0 Å². The second-order valence-electron chi connectivity index (χ2n) is 11.3. The molecule has 0 bridgehead atoms. The summed E-state index contributed by atoms with van der Waals surface area (Å²) < 4.78 is 27.5. The van der Waals surface area contributed by atoms with Gasteiger partial charge in [-0.1, -0.05) is 32.9 Å². The van der Waals surface area contributed by atoms with Crippen molar-refractivity contribution in [2.24, 2.45) is 5.41 Å². The van der Waals surface area contributed by atoms with Gasteiger partial charge in [-0.3, -0.25) is 9.99 Å². The summed E-state index contributed by atoms with van der Waals surface area (Å²) in [6, 6.07) is 13.6. The Hall–Kier alpha value is -4.41. The highest BCUT2D eigenvalue weighted by molar-refractivity contribution is 5.99. The van der Waals surface area contributed by atoms with Crippen LogP contribution in [-0.4, -0.2) is 28.8 Å². The molecule has 200 valence electrons. The van der Waals surface area contributed by atoms with Gasteiger partial charge in [-0.15, -0.1) is 5.53 Å². The zero-order chi connectivity index (χ0) is 27.8. The van der Waals surface area contributed by atoms with Crippen molar-refractivity contribution >= 4 is 22.3 Å². The maximum atomic E-state index is 13.8. The van der Waals surface area contributed by atoms with Gasteiger partial charge in [0, 0.05) is 30.0 Å². The summed E-state index contributed by atoms with van der Waals surface area (Å²) in [7, 11) is 0. The molecular formula is C29H30F2N8. The number of nitriles is 2. The van der Waals surface area contributed by atoms with Gasteiger partial charge in [0.1, 0.15) is 24.6 Å². The topological polar surface area (TPSA) is 112 Å². The molecule has 1 atom stereocenters. The first kappa shape index (κ1) is 26.2. The Morgan fingerprint density at radius 1 is 1.13 bits per heavy atom. The van der Waals surface area contributed by atoms with Crippen molar-refractivity contribution in [2.75, 3.05) is 23.9 Å². The fourth-order valence-corrected chi connectivity index (χ4v) is 4.58. The minimum atomic E-state index is -0.563. The Morgan fingerprint density at radius 3 is 2.46 bits per heavy atom. The zero-order valence-corrected chi connectivity index (χ0v) is 22.1. The fraction of sp³-hybridized carbons (Fsp3) is 0.345. The Kier molecular flexibility index (Phi) is 6.75. The second-order valence-corrected chi connectivity index (χ2v) is 11.3. The van der Waals surface area contributed by atoms with Crippen LogP contribution in [-0.2, 0) is 0 Å². The number of nitrogens with zero attached hydrogens (tertiary/aromatic N) is 4. The fourth-order valence-electron chi connectivity index (χ4n) is 4.58. The lowest BCUT2D eigenvalue weighted by Crippen LogP contribution is -2.46. The summed E-state index contributed by atoms with van der Waals surface area (Å²) in [6.07, 6.45) is 4.79. The molecule has 0 radical (unpaired) electrons. The van der Waals surface area contributed by atoms with Crippen molar-refractivity contribution in [3.63, 3.8) is 0 Å². The van der Waals surface area contributed by atoms with E-state index in [-0.39, 0.29) is 11.2 Å². The van der Waals surface area contributed by atoms with Crippen molar-refractivity contribution in [3.05, 3.63) is 77.0 Å². The lowest BCUT2D eigenvalue weighted by atomic mass is 9.96. The van der Waals surface area contributed by atoms with E-state index in [4.69, 9.17) is 0 Å². The lowest BCUT2D eigenvalue weighted by molar-refractivity contribution is 0.146. The number of anilines is 2. The van der Waals surface area contributed by atoms with E-state index in [1.54, 1.807) is 23.2 Å². The van der Waals surface area contributed by atoms with Crippen LogP contribution in [0.4, 0.5) is 20.2 Å². The SMILES string of the molecule is CC(C)(C)CNc1c(C#N)cnc2c(C#N)cc(NC(C3=CN(C4(CF)CC4)NN3)c3ccc(F)cc3)cc12. The number of hydrogen-bond acceptors (Lipinski definition) is 8. The quantitative estimate of drug-likeness (QED) is 0.308. The molecule has 0 saturated heterocycles. The minimum absolute atomic E-state index is 0.0536. The Bertz CT molecular complexity index is 1510. The molecule has 2 aromatic carbocycles. The summed E-state index contributed by atoms with van der Waals surface area (Å²) in [6.45, 7) is 6.39. The molecule has 1 saturated carbocycles. The number of benzene rings is 2. The maximum Gasteiger partial charge on any atom is 0.123 e. The third-order valence-corrected chi connectivity index (χ3v) is 7.01. The predicted octanol–water partition coefficient (Wildman–Crippen LogP) is 5.40. The van der Waals surface area contributed by atoms with E-state index < -0.39 is 18.3 Å². The molecule has 2 heterocycles. The van der Waals surface area contributed by atoms with Gasteiger partial charge in [-0.25, -0.2) is 8.78 Å². The first-order valence-corrected chi connectivity index (χ1v) is 12.8. The van der Waals surface area contributed by atoms with Crippen molar-refractivity contribution in [3.8, 4) is 12.1 Å². The normalized spacial score (nSPS) is 16.6. The molecule has 10 heteroatoms. The molecule has 2 aliphatic rings. The van der Waals surface area contributed by atoms with Crippen LogP contribution in [0.3, 0.4) is 0 Å². The van der Waals surface area contributed by atoms with Gasteiger partial charge in [0.15, 0.2) is 0 Å². The number of hydrogen-bond donors (Lipinski definition) is 4. The number of alkyl halides is 1. The highest BCUT2D eigenvalue weighted by Crippen LogP contribution is 2.43. The molecule has 39 heavy (non-hydrogen) atoms. The molecule has 1 fully saturated rings. The molecule has 4 N–H and O–H groups in total. The molecule has 1 aromatic heterocycles. The lowest BCUT2D eigenvalue weighted by Gasteiger charge is -2.24. The van der Waals surface area contributed by atoms with Crippen molar-refractivity contribution in [1.82, 2.24) is 21.0 Å². The number of fused-ring (bicyclic) bond motifs is 1. The van der Waals surface area contributed by atoms with Crippen LogP contribution in [0.2, 0.25) is 0 Å². The average Bonchev–Trinajstić information content (AvgIpc) is 3.57. The Morgan fingerprint density at radius 2 is 1.85 bits per heavy atom. The monoisotopic (exact) mass is 528 g/mol. The first-order valence-electron chi connectivity index (χ1n) is 12.8. The average molecular weight is 529 g/mol. The van der Waals surface area contributed by atoms with Crippen LogP contribution in [0, 0.1) is 33.9 Å². The largest absolute Gasteiger partial charge is 0.383 e. The van der Waals surface area contributed by atoms with E-state index in [0.29, 0.717) is 45.6 Å². The maximum absolute atomic E-state index is 13.8. The number of aromatic nitrogens is 1. The van der Waals surface area contributed by atoms with Gasteiger partial charge in [0.25, 0.3) is 0 Å². The zero-order valence-electron chi connectivity index (χ0n) is 22.1. The third kappa shape index (κ3) is 5.29. The standard InChI is InChI=1S/C29H30F2N8/c1-28(2,3)17-35-26-20(13-33)14-34-25-19(12-32)10-22(11-23(25)26)36-27(18-4-6-21(31)7-5-18)24-15-39(38-37-24)29(16-30)8-9-29/h4-7,10-11,14-15,27,36-38H,8-9,16-17H2,1-3H3,(H,34,35). The van der Waals surface area contributed by atoms with E-state index in [1.807, 2.05) is 12.3 Å². The second kappa shape index (κ2) is 10.0. The predicted molar refractivity (Wildman–Crippen MR) is 146 cm³/mol. The van der Waals surface area contributed by atoms with Gasteiger partial charge in [0.05, 0.1) is 39.6 Å². The highest BCUT2D eigenvalue weighted by Gasteiger charge is 2.49. The number of hydrazine groups is 2. The molecule has 0 amide bonds. The Balaban J connectivity index is 1.58. The van der Waals surface area contributed by atoms with Crippen LogP contribution >= 0.6 is 0 Å². The molecular weight excluding hydrogens is 498 g/mol. The third-order valence-electron chi connectivity index (χ3n) is 7.01. The van der Waals surface area contributed by atoms with Crippen LogP contribution < -0.4 is 21.6 Å². The summed E-state index contributed by atoms with van der Waals surface area (Å²) in [5, 5.41) is 29.0. The van der Waals surface area contributed by atoms with Crippen LogP contribution in [0.15, 0.2) is 54.5 Å². The van der Waals surface area contributed by atoms with Gasteiger partial charge < -0.3 is 16.1 Å². The first-order chi connectivity index (χ1) is 18.7. The number of pyridine rings is 1. The number of halogens is 2. The summed E-state index contributed by atoms with van der Waals surface area (Å²) in [5.41, 5.74) is 9.46. The minimum Gasteiger partial charge on any atom is -0.383 e. The highest BCUT2D eigenvalue weighted by atomic mass is 19.1. The molecule has 8 nitrogen and oxygen atoms in total. The number of rotatable bonds is 8. The molecule has 1 aliphatic carbocycles. The van der Waals surface area contributed by atoms with Gasteiger partial charge in [0.2, 0.25) is 0 Å². The summed E-state index contributed by atoms with van der Waals surface area (Å²) in [5.74, 6) is -0.359. The van der Waals surface area contributed by atoms with Crippen molar-refractivity contribution in [2.45, 2.75) is 45.2 Å². The summed E-state index contributed by atoms with van der Waals surface area (Å²) in [4.78, 5) is 4.42. The van der Waals surface area contributed by atoms with E-state index in [1.165, 1.54) is 18.3 Å². The molecule has 0 spiro atoms. The van der Waals surface area contributed by atoms with Gasteiger partial charge in [-0.05, 0) is 48.1 Å². The Labute approximate surface area is 226 Å². The van der Waals surface area contributed by atoms with Crippen LogP contribution in [0.25, 0.3) is 10.9 Å². The van der Waals surface area contributed by atoms with E-state index >= 15 is 0 Å². The van der Waals surface area contributed by atoms with Crippen molar-refractivity contribution in [1.29, 1.82) is 10.5 Å². The van der Waals surface area contributed by atoms with Gasteiger partial charge >= 0.3 is 0 Å². The smallest absolute Gasteiger partial charge is 0.123 e. The van der Waals surface area contributed by atoms with E-state index in [2.05, 4.69) is 59.5 Å². The van der Waals surface area contributed by atoms with Crippen LogP contribution in [0.1, 0.15) is 56.3 Å². The molecule has 3 aromatic rings. The van der Waals surface area contributed by atoms with E-state index in [0.717, 1.165) is 18.4 Å². The van der Waals surface area contributed by atoms with Crippen molar-refractivity contribution < 1.29 is 8.78 Å².